The Hall–Kier alpha value is -3.05. The summed E-state index contributed by atoms with van der Waals surface area (Å²) in [5.74, 6) is -0.157. The number of benzene rings is 2. The molecular weight excluding hydrogens is 366 g/mol. The number of nitrogens with one attached hydrogen (secondary N) is 1. The molecule has 1 atom stereocenters. The number of hydrogen-bond donors (Lipinski definition) is 1. The van der Waals surface area contributed by atoms with Crippen LogP contribution in [0.5, 0.6) is 0 Å². The van der Waals surface area contributed by atoms with Gasteiger partial charge in [0.25, 0.3) is 0 Å². The van der Waals surface area contributed by atoms with E-state index in [4.69, 9.17) is 4.98 Å². The minimum absolute atomic E-state index is 0.0138. The van der Waals surface area contributed by atoms with Crippen molar-refractivity contribution >= 4 is 33.3 Å². The van der Waals surface area contributed by atoms with Crippen molar-refractivity contribution in [2.24, 2.45) is 0 Å². The molecule has 0 unspecified atom stereocenters. The number of fused-ring (bicyclic) bond motifs is 1. The van der Waals surface area contributed by atoms with Gasteiger partial charge in [-0.15, -0.1) is 0 Å². The second-order valence-electron chi connectivity index (χ2n) is 6.69. The molecule has 1 amide bonds. The zero-order valence-corrected chi connectivity index (χ0v) is 16.7. The molecule has 0 aliphatic heterocycles. The number of amides is 1. The molecule has 2 heterocycles. The number of carbonyl (C=O) groups excluding carboxylic acids is 1. The molecule has 2 aromatic heterocycles. The largest absolute Gasteiger partial charge is 0.325 e. The summed E-state index contributed by atoms with van der Waals surface area (Å²) >= 11 is 1.56. The first-order valence-corrected chi connectivity index (χ1v) is 10.2. The lowest BCUT2D eigenvalue weighted by Crippen LogP contribution is -2.21. The van der Waals surface area contributed by atoms with Gasteiger partial charge in [0, 0.05) is 17.4 Å². The average Bonchev–Trinajstić information content (AvgIpc) is 3.15. The first-order chi connectivity index (χ1) is 13.7. The highest BCUT2D eigenvalue weighted by Gasteiger charge is 2.20. The Morgan fingerprint density at radius 2 is 1.89 bits per heavy atom. The van der Waals surface area contributed by atoms with E-state index < -0.39 is 0 Å². The molecule has 0 saturated carbocycles. The van der Waals surface area contributed by atoms with E-state index in [1.807, 2.05) is 74.5 Å². The van der Waals surface area contributed by atoms with Crippen molar-refractivity contribution in [2.75, 3.05) is 5.32 Å². The second kappa shape index (κ2) is 7.90. The van der Waals surface area contributed by atoms with Gasteiger partial charge in [0.15, 0.2) is 0 Å². The van der Waals surface area contributed by atoms with Crippen molar-refractivity contribution < 1.29 is 4.79 Å². The Morgan fingerprint density at radius 1 is 1.07 bits per heavy atom. The third-order valence-corrected chi connectivity index (χ3v) is 5.93. The molecule has 0 bridgehead atoms. The van der Waals surface area contributed by atoms with Crippen molar-refractivity contribution in [3.8, 4) is 10.6 Å². The average molecular weight is 388 g/mol. The number of thiazole rings is 1. The summed E-state index contributed by atoms with van der Waals surface area (Å²) in [6, 6.07) is 19.7. The van der Waals surface area contributed by atoms with E-state index in [0.717, 1.165) is 44.2 Å². The zero-order valence-electron chi connectivity index (χ0n) is 15.8. The van der Waals surface area contributed by atoms with Crippen LogP contribution in [0.1, 0.15) is 30.4 Å². The number of aromatic nitrogens is 2. The molecule has 0 spiro atoms. The molecule has 4 rings (SSSR count). The number of hydrogen-bond acceptors (Lipinski definition) is 4. The van der Waals surface area contributed by atoms with Gasteiger partial charge >= 0.3 is 0 Å². The monoisotopic (exact) mass is 387 g/mol. The molecule has 1 N–H and O–H groups in total. The van der Waals surface area contributed by atoms with E-state index >= 15 is 0 Å². The molecule has 0 aliphatic rings. The molecule has 0 aliphatic carbocycles. The highest BCUT2D eigenvalue weighted by atomic mass is 32.1. The molecule has 28 heavy (non-hydrogen) atoms. The number of rotatable bonds is 5. The highest BCUT2D eigenvalue weighted by molar-refractivity contribution is 7.21. The van der Waals surface area contributed by atoms with E-state index in [2.05, 4.69) is 10.3 Å². The van der Waals surface area contributed by atoms with Crippen LogP contribution in [0, 0.1) is 6.92 Å². The summed E-state index contributed by atoms with van der Waals surface area (Å²) in [5, 5.41) is 4.04. The minimum Gasteiger partial charge on any atom is -0.325 e. The van der Waals surface area contributed by atoms with Gasteiger partial charge in [-0.3, -0.25) is 4.79 Å². The SMILES string of the molecule is CC[C@H](C(=O)Nc1cccc(-c2nc3cccnc3s2)c1C)c1ccccc1. The van der Waals surface area contributed by atoms with Crippen LogP contribution in [0.15, 0.2) is 66.9 Å². The molecule has 140 valence electrons. The topological polar surface area (TPSA) is 54.9 Å². The Morgan fingerprint density at radius 3 is 2.64 bits per heavy atom. The van der Waals surface area contributed by atoms with Gasteiger partial charge in [0.05, 0.1) is 5.92 Å². The van der Waals surface area contributed by atoms with E-state index in [9.17, 15) is 4.79 Å². The summed E-state index contributed by atoms with van der Waals surface area (Å²) in [4.78, 5) is 23.0. The third kappa shape index (κ3) is 3.53. The molecular formula is C23H21N3OS. The number of anilines is 1. The summed E-state index contributed by atoms with van der Waals surface area (Å²) in [6.07, 6.45) is 2.53. The summed E-state index contributed by atoms with van der Waals surface area (Å²) in [5.41, 5.74) is 4.79. The number of pyridine rings is 1. The van der Waals surface area contributed by atoms with E-state index in [0.29, 0.717) is 0 Å². The van der Waals surface area contributed by atoms with Gasteiger partial charge in [-0.2, -0.15) is 0 Å². The van der Waals surface area contributed by atoms with Crippen molar-refractivity contribution in [3.05, 3.63) is 78.0 Å². The Labute approximate surface area is 168 Å². The summed E-state index contributed by atoms with van der Waals surface area (Å²) < 4.78 is 0. The molecule has 4 nitrogen and oxygen atoms in total. The van der Waals surface area contributed by atoms with Gasteiger partial charge in [0.1, 0.15) is 15.4 Å². The lowest BCUT2D eigenvalue weighted by Gasteiger charge is -2.17. The second-order valence-corrected chi connectivity index (χ2v) is 7.66. The molecule has 2 aromatic carbocycles. The normalized spacial score (nSPS) is 12.1. The fourth-order valence-electron chi connectivity index (χ4n) is 3.37. The first kappa shape index (κ1) is 18.3. The van der Waals surface area contributed by atoms with Crippen molar-refractivity contribution in [2.45, 2.75) is 26.2 Å². The van der Waals surface area contributed by atoms with Crippen LogP contribution in [0.4, 0.5) is 5.69 Å². The fourth-order valence-corrected chi connectivity index (χ4v) is 4.36. The Kier molecular flexibility index (Phi) is 5.17. The molecule has 0 fully saturated rings. The summed E-state index contributed by atoms with van der Waals surface area (Å²) in [6.45, 7) is 4.06. The van der Waals surface area contributed by atoms with Crippen molar-refractivity contribution in [1.82, 2.24) is 9.97 Å². The lowest BCUT2D eigenvalue weighted by molar-refractivity contribution is -0.117. The van der Waals surface area contributed by atoms with Crippen molar-refractivity contribution in [1.29, 1.82) is 0 Å². The van der Waals surface area contributed by atoms with E-state index in [-0.39, 0.29) is 11.8 Å². The van der Waals surface area contributed by atoms with Crippen LogP contribution in [0.2, 0.25) is 0 Å². The molecule has 4 aromatic rings. The molecule has 0 radical (unpaired) electrons. The summed E-state index contributed by atoms with van der Waals surface area (Å²) in [7, 11) is 0. The standard InChI is InChI=1S/C23H21N3OS/c1-3-17(16-9-5-4-6-10-16)21(27)25-19-12-7-11-18(15(19)2)22-26-20-13-8-14-24-23(20)28-22/h4-14,17H,3H2,1-2H3,(H,25,27)/t17-/m0/s1. The van der Waals surface area contributed by atoms with Crippen LogP contribution in [0.25, 0.3) is 20.9 Å². The van der Waals surface area contributed by atoms with Gasteiger partial charge in [-0.25, -0.2) is 9.97 Å². The van der Waals surface area contributed by atoms with Crippen LogP contribution >= 0.6 is 11.3 Å². The Bertz CT molecular complexity index is 1090. The zero-order chi connectivity index (χ0) is 19.5. The van der Waals surface area contributed by atoms with Crippen LogP contribution < -0.4 is 5.32 Å². The maximum atomic E-state index is 13.0. The smallest absolute Gasteiger partial charge is 0.231 e. The van der Waals surface area contributed by atoms with Gasteiger partial charge in [0.2, 0.25) is 5.91 Å². The predicted octanol–water partition coefficient (Wildman–Crippen LogP) is 5.80. The van der Waals surface area contributed by atoms with Crippen LogP contribution in [-0.4, -0.2) is 15.9 Å². The third-order valence-electron chi connectivity index (χ3n) is 4.92. The molecule has 5 heteroatoms. The number of carbonyl (C=O) groups is 1. The van der Waals surface area contributed by atoms with Crippen molar-refractivity contribution in [3.63, 3.8) is 0 Å². The van der Waals surface area contributed by atoms with Gasteiger partial charge in [-0.1, -0.05) is 60.7 Å². The van der Waals surface area contributed by atoms with E-state index in [1.54, 1.807) is 17.5 Å². The maximum absolute atomic E-state index is 13.0. The quantitative estimate of drug-likeness (QED) is 0.471. The minimum atomic E-state index is -0.170. The van der Waals surface area contributed by atoms with E-state index in [1.165, 1.54) is 0 Å². The van der Waals surface area contributed by atoms with Crippen LogP contribution in [-0.2, 0) is 4.79 Å². The highest BCUT2D eigenvalue weighted by Crippen LogP contribution is 2.34. The Balaban J connectivity index is 1.64. The van der Waals surface area contributed by atoms with Gasteiger partial charge < -0.3 is 5.32 Å². The first-order valence-electron chi connectivity index (χ1n) is 9.34. The maximum Gasteiger partial charge on any atom is 0.231 e. The van der Waals surface area contributed by atoms with Crippen LogP contribution in [0.3, 0.4) is 0 Å². The number of nitrogens with zero attached hydrogens (tertiary/aromatic N) is 2. The lowest BCUT2D eigenvalue weighted by atomic mass is 9.95. The van der Waals surface area contributed by atoms with Gasteiger partial charge in [-0.05, 0) is 42.7 Å². The fraction of sp³-hybridized carbons (Fsp3) is 0.174. The molecule has 0 saturated heterocycles. The predicted molar refractivity (Wildman–Crippen MR) is 116 cm³/mol.